The summed E-state index contributed by atoms with van der Waals surface area (Å²) in [4.78, 5) is 25.6. The molecule has 44 heavy (non-hydrogen) atoms. The fraction of sp³-hybridized carbons (Fsp3) is 0.375. The molecule has 238 valence electrons. The van der Waals surface area contributed by atoms with E-state index >= 15 is 0 Å². The number of aryl methyl sites for hydroxylation is 1. The number of nitrogen functional groups attached to an aromatic ring is 1. The molecule has 3 aromatic rings. The van der Waals surface area contributed by atoms with Crippen LogP contribution in [0.3, 0.4) is 0 Å². The van der Waals surface area contributed by atoms with Gasteiger partial charge in [0, 0.05) is 35.4 Å². The number of benzene rings is 3. The SMILES string of the molecule is COC(=O)NC(Cc1ccccc1Cl)C(=O)Nc1ccccc1CCC(CO)N(CCC(C)C)S(=O)(=O)c1ccc(N)cc1. The zero-order valence-electron chi connectivity index (χ0n) is 25.2. The summed E-state index contributed by atoms with van der Waals surface area (Å²) in [5.74, 6) is -0.238. The third-order valence-electron chi connectivity index (χ3n) is 7.23. The van der Waals surface area contributed by atoms with E-state index in [1.165, 1.54) is 35.7 Å². The highest BCUT2D eigenvalue weighted by molar-refractivity contribution is 7.89. The maximum atomic E-state index is 13.7. The van der Waals surface area contributed by atoms with Gasteiger partial charge < -0.3 is 26.2 Å². The molecule has 3 rings (SSSR count). The Morgan fingerprint density at radius 3 is 2.23 bits per heavy atom. The van der Waals surface area contributed by atoms with Crippen molar-refractivity contribution in [3.05, 3.63) is 88.9 Å². The van der Waals surface area contributed by atoms with Crippen LogP contribution in [0.2, 0.25) is 5.02 Å². The van der Waals surface area contributed by atoms with Crippen molar-refractivity contribution >= 4 is 45.0 Å². The van der Waals surface area contributed by atoms with E-state index in [9.17, 15) is 23.1 Å². The van der Waals surface area contributed by atoms with Gasteiger partial charge in [-0.25, -0.2) is 13.2 Å². The standard InChI is InChI=1S/C32H41ClN4O6S/c1-22(2)18-19-37(44(41,42)27-16-13-25(34)14-17-27)26(21-38)15-12-23-8-5-7-11-29(23)35-31(39)30(36-32(40)43-3)20-24-9-4-6-10-28(24)33/h4-11,13-14,16-17,22,26,30,38H,12,15,18-21,34H2,1-3H3,(H,35,39)(H,36,40). The number of aliphatic hydroxyl groups is 1. The van der Waals surface area contributed by atoms with Gasteiger partial charge in [-0.15, -0.1) is 0 Å². The minimum absolute atomic E-state index is 0.101. The Bertz CT molecular complexity index is 1500. The van der Waals surface area contributed by atoms with Crippen LogP contribution in [0, 0.1) is 5.92 Å². The van der Waals surface area contributed by atoms with E-state index in [-0.39, 0.29) is 30.4 Å². The van der Waals surface area contributed by atoms with E-state index in [2.05, 4.69) is 10.6 Å². The molecule has 2 amide bonds. The van der Waals surface area contributed by atoms with Gasteiger partial charge in [0.05, 0.1) is 18.6 Å². The molecular weight excluding hydrogens is 604 g/mol. The van der Waals surface area contributed by atoms with Gasteiger partial charge in [-0.3, -0.25) is 4.79 Å². The minimum Gasteiger partial charge on any atom is -0.453 e. The van der Waals surface area contributed by atoms with Crippen molar-refractivity contribution in [2.75, 3.05) is 31.3 Å². The Hall–Kier alpha value is -3.64. The quantitative estimate of drug-likeness (QED) is 0.173. The zero-order valence-corrected chi connectivity index (χ0v) is 26.8. The van der Waals surface area contributed by atoms with Gasteiger partial charge in [-0.05, 0) is 72.7 Å². The molecule has 0 aliphatic heterocycles. The zero-order chi connectivity index (χ0) is 32.3. The fourth-order valence-electron chi connectivity index (χ4n) is 4.68. The molecule has 0 spiro atoms. The molecule has 0 radical (unpaired) electrons. The molecule has 2 unspecified atom stereocenters. The maximum absolute atomic E-state index is 13.7. The van der Waals surface area contributed by atoms with Gasteiger partial charge in [-0.1, -0.05) is 61.8 Å². The number of methoxy groups -OCH3 is 1. The number of amides is 2. The van der Waals surface area contributed by atoms with Crippen LogP contribution in [0.15, 0.2) is 77.7 Å². The highest BCUT2D eigenvalue weighted by Crippen LogP contribution is 2.25. The number of hydrogen-bond donors (Lipinski definition) is 4. The molecule has 3 aromatic carbocycles. The lowest BCUT2D eigenvalue weighted by Gasteiger charge is -2.30. The summed E-state index contributed by atoms with van der Waals surface area (Å²) in [5.41, 5.74) is 8.14. The van der Waals surface area contributed by atoms with E-state index in [4.69, 9.17) is 22.1 Å². The summed E-state index contributed by atoms with van der Waals surface area (Å²) < 4.78 is 33.5. The van der Waals surface area contributed by atoms with Crippen LogP contribution < -0.4 is 16.4 Å². The molecule has 5 N–H and O–H groups in total. The number of ether oxygens (including phenoxy) is 1. The molecule has 0 aliphatic rings. The van der Waals surface area contributed by atoms with Crippen LogP contribution in [0.4, 0.5) is 16.2 Å². The predicted molar refractivity (Wildman–Crippen MR) is 173 cm³/mol. The highest BCUT2D eigenvalue weighted by Gasteiger charge is 2.31. The van der Waals surface area contributed by atoms with E-state index in [0.29, 0.717) is 41.2 Å². The van der Waals surface area contributed by atoms with Gasteiger partial charge in [-0.2, -0.15) is 4.31 Å². The molecule has 0 heterocycles. The lowest BCUT2D eigenvalue weighted by molar-refractivity contribution is -0.118. The van der Waals surface area contributed by atoms with E-state index in [0.717, 1.165) is 5.56 Å². The summed E-state index contributed by atoms with van der Waals surface area (Å²) in [7, 11) is -2.72. The second-order valence-corrected chi connectivity index (χ2v) is 13.2. The number of nitrogens with zero attached hydrogens (tertiary/aromatic N) is 1. The van der Waals surface area contributed by atoms with Crippen LogP contribution in [0.1, 0.15) is 37.8 Å². The molecule has 0 saturated heterocycles. The van der Waals surface area contributed by atoms with Gasteiger partial charge in [0.2, 0.25) is 15.9 Å². The van der Waals surface area contributed by atoms with Gasteiger partial charge >= 0.3 is 6.09 Å². The Labute approximate surface area is 264 Å². The lowest BCUT2D eigenvalue weighted by atomic mass is 10.0. The number of nitrogens with one attached hydrogen (secondary N) is 2. The van der Waals surface area contributed by atoms with E-state index in [1.54, 1.807) is 36.4 Å². The number of carbonyl (C=O) groups is 2. The molecule has 0 saturated carbocycles. The van der Waals surface area contributed by atoms with Gasteiger partial charge in [0.15, 0.2) is 0 Å². The third kappa shape index (κ3) is 9.68. The molecule has 0 aromatic heterocycles. The van der Waals surface area contributed by atoms with Gasteiger partial charge in [0.1, 0.15) is 6.04 Å². The van der Waals surface area contributed by atoms with Crippen molar-refractivity contribution in [3.8, 4) is 0 Å². The van der Waals surface area contributed by atoms with Crippen molar-refractivity contribution in [2.24, 2.45) is 5.92 Å². The Morgan fingerprint density at radius 1 is 0.977 bits per heavy atom. The number of sulfonamides is 1. The van der Waals surface area contributed by atoms with Crippen LogP contribution in [0.5, 0.6) is 0 Å². The Kier molecular flexibility index (Phi) is 13.0. The highest BCUT2D eigenvalue weighted by atomic mass is 35.5. The first kappa shape index (κ1) is 34.8. The lowest BCUT2D eigenvalue weighted by Crippen LogP contribution is -2.45. The number of alkyl carbamates (subject to hydrolysis) is 1. The molecular formula is C32H41ClN4O6S. The first-order valence-electron chi connectivity index (χ1n) is 14.4. The van der Waals surface area contributed by atoms with Crippen molar-refractivity contribution in [3.63, 3.8) is 0 Å². The Morgan fingerprint density at radius 2 is 1.61 bits per heavy atom. The number of carbonyl (C=O) groups excluding carboxylic acids is 2. The maximum Gasteiger partial charge on any atom is 0.407 e. The summed E-state index contributed by atoms with van der Waals surface area (Å²) in [5, 5.41) is 16.3. The number of aliphatic hydroxyl groups excluding tert-OH is 1. The largest absolute Gasteiger partial charge is 0.453 e. The fourth-order valence-corrected chi connectivity index (χ4v) is 6.56. The smallest absolute Gasteiger partial charge is 0.407 e. The molecule has 0 aliphatic carbocycles. The summed E-state index contributed by atoms with van der Waals surface area (Å²) in [6, 6.07) is 18.5. The molecule has 0 fully saturated rings. The van der Waals surface area contributed by atoms with Gasteiger partial charge in [0.25, 0.3) is 0 Å². The van der Waals surface area contributed by atoms with Crippen LogP contribution in [-0.4, -0.2) is 62.2 Å². The molecule has 0 bridgehead atoms. The van der Waals surface area contributed by atoms with Crippen LogP contribution in [-0.2, 0) is 32.4 Å². The average Bonchev–Trinajstić information content (AvgIpc) is 3.00. The van der Waals surface area contributed by atoms with Crippen molar-refractivity contribution < 1.29 is 27.9 Å². The average molecular weight is 645 g/mol. The normalized spacial score (nSPS) is 13.0. The summed E-state index contributed by atoms with van der Waals surface area (Å²) in [6.07, 6.45) is 0.621. The van der Waals surface area contributed by atoms with E-state index in [1.807, 2.05) is 26.0 Å². The Balaban J connectivity index is 1.82. The number of nitrogens with two attached hydrogens (primary N) is 1. The monoisotopic (exact) mass is 644 g/mol. The van der Waals surface area contributed by atoms with Crippen LogP contribution >= 0.6 is 11.6 Å². The van der Waals surface area contributed by atoms with Crippen molar-refractivity contribution in [1.29, 1.82) is 0 Å². The first-order chi connectivity index (χ1) is 21.0. The topological polar surface area (TPSA) is 151 Å². The number of hydrogen-bond acceptors (Lipinski definition) is 7. The number of anilines is 2. The molecule has 10 nitrogen and oxygen atoms in total. The number of rotatable bonds is 15. The summed E-state index contributed by atoms with van der Waals surface area (Å²) in [6.45, 7) is 3.87. The molecule has 12 heteroatoms. The second-order valence-electron chi connectivity index (χ2n) is 10.9. The molecule has 2 atom stereocenters. The minimum atomic E-state index is -3.93. The third-order valence-corrected chi connectivity index (χ3v) is 9.56. The first-order valence-corrected chi connectivity index (χ1v) is 16.2. The van der Waals surface area contributed by atoms with Crippen LogP contribution in [0.25, 0.3) is 0 Å². The summed E-state index contributed by atoms with van der Waals surface area (Å²) >= 11 is 6.31. The number of halogens is 1. The predicted octanol–water partition coefficient (Wildman–Crippen LogP) is 4.86. The van der Waals surface area contributed by atoms with Crippen molar-refractivity contribution in [1.82, 2.24) is 9.62 Å². The number of para-hydroxylation sites is 1. The van der Waals surface area contributed by atoms with Crippen molar-refractivity contribution in [2.45, 2.75) is 56.5 Å². The van der Waals surface area contributed by atoms with E-state index < -0.39 is 34.1 Å². The second kappa shape index (κ2) is 16.4.